The Kier molecular flexibility index (Phi) is 3.41. The smallest absolute Gasteiger partial charge is 0.220 e. The van der Waals surface area contributed by atoms with Crippen molar-refractivity contribution in [1.29, 1.82) is 0 Å². The van der Waals surface area contributed by atoms with E-state index < -0.39 is 0 Å². The fourth-order valence-electron chi connectivity index (χ4n) is 2.17. The van der Waals surface area contributed by atoms with Crippen LogP contribution < -0.4 is 9.47 Å². The second kappa shape index (κ2) is 5.36. The van der Waals surface area contributed by atoms with Crippen molar-refractivity contribution < 1.29 is 9.47 Å². The highest BCUT2D eigenvalue weighted by atomic mass is 16.5. The van der Waals surface area contributed by atoms with Gasteiger partial charge in [-0.1, -0.05) is 18.2 Å². The molecule has 0 fully saturated rings. The van der Waals surface area contributed by atoms with Crippen molar-refractivity contribution in [2.75, 3.05) is 13.2 Å². The lowest BCUT2D eigenvalue weighted by atomic mass is 10.3. The molecular weight excluding hydrogens is 254 g/mol. The van der Waals surface area contributed by atoms with Gasteiger partial charge in [0.05, 0.1) is 11.3 Å². The molecule has 2 heterocycles. The van der Waals surface area contributed by atoms with Gasteiger partial charge in [-0.25, -0.2) is 4.68 Å². The van der Waals surface area contributed by atoms with Gasteiger partial charge in [-0.2, -0.15) is 5.10 Å². The number of hydrogen-bond donors (Lipinski definition) is 0. The average molecular weight is 271 g/mol. The minimum Gasteiger partial charge on any atom is -0.491 e. The molecule has 20 heavy (non-hydrogen) atoms. The molecule has 0 radical (unpaired) electrons. The zero-order chi connectivity index (χ0) is 13.9. The minimum absolute atomic E-state index is 0.0120. The molecule has 1 atom stereocenters. The molecule has 0 spiro atoms. The van der Waals surface area contributed by atoms with Crippen molar-refractivity contribution in [3.05, 3.63) is 41.6 Å². The molecule has 0 saturated heterocycles. The first-order valence-electron chi connectivity index (χ1n) is 6.61. The van der Waals surface area contributed by atoms with E-state index in [2.05, 4.69) is 10.1 Å². The molecule has 0 N–H and O–H groups in total. The van der Waals surface area contributed by atoms with Gasteiger partial charge in [-0.3, -0.25) is 4.99 Å². The Morgan fingerprint density at radius 2 is 2.15 bits per heavy atom. The first kappa shape index (κ1) is 12.7. The summed E-state index contributed by atoms with van der Waals surface area (Å²) >= 11 is 0. The van der Waals surface area contributed by atoms with E-state index in [0.717, 1.165) is 22.9 Å². The maximum Gasteiger partial charge on any atom is 0.220 e. The quantitative estimate of drug-likeness (QED) is 0.857. The van der Waals surface area contributed by atoms with Crippen LogP contribution in [0.5, 0.6) is 11.6 Å². The van der Waals surface area contributed by atoms with E-state index >= 15 is 0 Å². The largest absolute Gasteiger partial charge is 0.491 e. The Bertz CT molecular complexity index is 620. The summed E-state index contributed by atoms with van der Waals surface area (Å²) in [5.74, 6) is 1.62. The van der Waals surface area contributed by atoms with Crippen LogP contribution in [0.2, 0.25) is 0 Å². The molecule has 5 nitrogen and oxygen atoms in total. The van der Waals surface area contributed by atoms with E-state index in [-0.39, 0.29) is 6.04 Å². The van der Waals surface area contributed by atoms with Crippen LogP contribution in [0, 0.1) is 6.92 Å². The van der Waals surface area contributed by atoms with E-state index in [4.69, 9.17) is 9.47 Å². The Hall–Kier alpha value is -2.30. The standard InChI is InChI=1S/C15H17N3O2/c1-11-14-8-16-12(10-20-15(14)18(2)17-11)9-19-13-6-4-3-5-7-13/h3-8,12H,9-10H2,1-2H3. The lowest BCUT2D eigenvalue weighted by Gasteiger charge is -2.13. The van der Waals surface area contributed by atoms with Gasteiger partial charge < -0.3 is 9.47 Å². The second-order valence-electron chi connectivity index (χ2n) is 4.79. The lowest BCUT2D eigenvalue weighted by molar-refractivity contribution is 0.214. The van der Waals surface area contributed by atoms with Crippen LogP contribution in [-0.4, -0.2) is 35.3 Å². The first-order chi connectivity index (χ1) is 9.74. The molecule has 1 aromatic carbocycles. The summed E-state index contributed by atoms with van der Waals surface area (Å²) in [4.78, 5) is 4.53. The molecule has 104 valence electrons. The third-order valence-corrected chi connectivity index (χ3v) is 3.23. The highest BCUT2D eigenvalue weighted by Gasteiger charge is 2.19. The van der Waals surface area contributed by atoms with Crippen LogP contribution in [0.15, 0.2) is 35.3 Å². The summed E-state index contributed by atoms with van der Waals surface area (Å²) in [7, 11) is 1.88. The molecular formula is C15H17N3O2. The average Bonchev–Trinajstić information content (AvgIpc) is 2.65. The number of rotatable bonds is 3. The van der Waals surface area contributed by atoms with Crippen LogP contribution in [0.3, 0.4) is 0 Å². The number of aromatic nitrogens is 2. The lowest BCUT2D eigenvalue weighted by Crippen LogP contribution is -2.23. The Labute approximate surface area is 117 Å². The summed E-state index contributed by atoms with van der Waals surface area (Å²) in [6.07, 6.45) is 1.84. The molecule has 2 aromatic rings. The molecule has 1 aliphatic rings. The van der Waals surface area contributed by atoms with Crippen molar-refractivity contribution >= 4 is 6.21 Å². The number of aliphatic imine (C=N–C) groups is 1. The van der Waals surface area contributed by atoms with E-state index in [1.54, 1.807) is 4.68 Å². The van der Waals surface area contributed by atoms with Gasteiger partial charge in [-0.15, -0.1) is 0 Å². The molecule has 5 heteroatoms. The van der Waals surface area contributed by atoms with Gasteiger partial charge in [-0.05, 0) is 19.1 Å². The Morgan fingerprint density at radius 3 is 2.95 bits per heavy atom. The molecule has 0 saturated carbocycles. The van der Waals surface area contributed by atoms with Gasteiger partial charge in [0.25, 0.3) is 0 Å². The van der Waals surface area contributed by atoms with E-state index in [1.165, 1.54) is 0 Å². The molecule has 0 aliphatic carbocycles. The van der Waals surface area contributed by atoms with Gasteiger partial charge in [0.2, 0.25) is 5.88 Å². The highest BCUT2D eigenvalue weighted by molar-refractivity contribution is 5.84. The van der Waals surface area contributed by atoms with Crippen molar-refractivity contribution in [1.82, 2.24) is 9.78 Å². The maximum absolute atomic E-state index is 5.80. The Balaban J connectivity index is 1.67. The van der Waals surface area contributed by atoms with Gasteiger partial charge in [0.1, 0.15) is 25.0 Å². The van der Waals surface area contributed by atoms with Crippen LogP contribution in [0.25, 0.3) is 0 Å². The monoisotopic (exact) mass is 271 g/mol. The number of ether oxygens (including phenoxy) is 2. The summed E-state index contributed by atoms with van der Waals surface area (Å²) in [6, 6.07) is 9.72. The van der Waals surface area contributed by atoms with Crippen molar-refractivity contribution in [2.24, 2.45) is 12.0 Å². The number of benzene rings is 1. The SMILES string of the molecule is Cc1nn(C)c2c1C=NC(COc1ccccc1)CO2. The second-order valence-corrected chi connectivity index (χ2v) is 4.79. The molecule has 1 aromatic heterocycles. The maximum atomic E-state index is 5.80. The minimum atomic E-state index is -0.0120. The zero-order valence-corrected chi connectivity index (χ0v) is 11.6. The number of nitrogens with zero attached hydrogens (tertiary/aromatic N) is 3. The summed E-state index contributed by atoms with van der Waals surface area (Å²) < 4.78 is 13.3. The Morgan fingerprint density at radius 1 is 1.35 bits per heavy atom. The van der Waals surface area contributed by atoms with Crippen LogP contribution in [-0.2, 0) is 7.05 Å². The van der Waals surface area contributed by atoms with Crippen LogP contribution in [0.4, 0.5) is 0 Å². The number of fused-ring (bicyclic) bond motifs is 1. The molecule has 1 unspecified atom stereocenters. The normalized spacial score (nSPS) is 17.2. The third-order valence-electron chi connectivity index (χ3n) is 3.23. The predicted octanol–water partition coefficient (Wildman–Crippen LogP) is 1.99. The highest BCUT2D eigenvalue weighted by Crippen LogP contribution is 2.22. The molecule has 0 bridgehead atoms. The van der Waals surface area contributed by atoms with Gasteiger partial charge >= 0.3 is 0 Å². The summed E-state index contributed by atoms with van der Waals surface area (Å²) in [6.45, 7) is 2.95. The van der Waals surface area contributed by atoms with Gasteiger partial charge in [0.15, 0.2) is 0 Å². The van der Waals surface area contributed by atoms with Crippen molar-refractivity contribution in [3.8, 4) is 11.6 Å². The van der Waals surface area contributed by atoms with Gasteiger partial charge in [0, 0.05) is 13.3 Å². The summed E-state index contributed by atoms with van der Waals surface area (Å²) in [5, 5.41) is 4.32. The molecule has 1 aliphatic heterocycles. The zero-order valence-electron chi connectivity index (χ0n) is 11.6. The van der Waals surface area contributed by atoms with Crippen molar-refractivity contribution in [3.63, 3.8) is 0 Å². The number of hydrogen-bond acceptors (Lipinski definition) is 4. The van der Waals surface area contributed by atoms with Crippen LogP contribution >= 0.6 is 0 Å². The fraction of sp³-hybridized carbons (Fsp3) is 0.333. The van der Waals surface area contributed by atoms with E-state index in [9.17, 15) is 0 Å². The number of para-hydroxylation sites is 1. The van der Waals surface area contributed by atoms with E-state index in [1.807, 2.05) is 50.5 Å². The first-order valence-corrected chi connectivity index (χ1v) is 6.61. The summed E-state index contributed by atoms with van der Waals surface area (Å²) in [5.41, 5.74) is 1.88. The number of aryl methyl sites for hydroxylation is 2. The van der Waals surface area contributed by atoms with Crippen LogP contribution in [0.1, 0.15) is 11.3 Å². The third kappa shape index (κ3) is 2.52. The topological polar surface area (TPSA) is 48.6 Å². The fourth-order valence-corrected chi connectivity index (χ4v) is 2.17. The van der Waals surface area contributed by atoms with Crippen molar-refractivity contribution in [2.45, 2.75) is 13.0 Å². The van der Waals surface area contributed by atoms with E-state index in [0.29, 0.717) is 13.2 Å². The molecule has 0 amide bonds. The predicted molar refractivity (Wildman–Crippen MR) is 76.8 cm³/mol. The molecule has 3 rings (SSSR count).